The van der Waals surface area contributed by atoms with Gasteiger partial charge in [-0.05, 0) is 44.2 Å². The average Bonchev–Trinajstić information content (AvgIpc) is 2.54. The monoisotopic (exact) mass is 308 g/mol. The first kappa shape index (κ1) is 16.2. The molecule has 2 aromatic carbocycles. The van der Waals surface area contributed by atoms with Gasteiger partial charge in [0.05, 0.1) is 17.2 Å². The Balaban J connectivity index is 1.99. The fourth-order valence-corrected chi connectivity index (χ4v) is 1.96. The summed E-state index contributed by atoms with van der Waals surface area (Å²) in [7, 11) is 0. The van der Waals surface area contributed by atoms with E-state index in [9.17, 15) is 9.59 Å². The molecule has 5 heteroatoms. The van der Waals surface area contributed by atoms with E-state index in [-0.39, 0.29) is 0 Å². The zero-order valence-electron chi connectivity index (χ0n) is 12.9. The third-order valence-electron chi connectivity index (χ3n) is 3.17. The molecule has 0 aliphatic rings. The van der Waals surface area contributed by atoms with E-state index < -0.39 is 18.0 Å². The third kappa shape index (κ3) is 4.42. The lowest BCUT2D eigenvalue weighted by atomic mass is 10.1. The largest absolute Gasteiger partial charge is 0.449 e. The van der Waals surface area contributed by atoms with Crippen molar-refractivity contribution in [3.8, 4) is 6.07 Å². The number of carbonyl (C=O) groups excluding carboxylic acids is 2. The van der Waals surface area contributed by atoms with Crippen molar-refractivity contribution >= 4 is 17.6 Å². The first-order chi connectivity index (χ1) is 11.0. The van der Waals surface area contributed by atoms with Crippen molar-refractivity contribution in [2.75, 3.05) is 5.32 Å². The number of hydrogen-bond acceptors (Lipinski definition) is 4. The molecule has 0 unspecified atom stereocenters. The predicted octanol–water partition coefficient (Wildman–Crippen LogP) is 3.05. The third-order valence-corrected chi connectivity index (χ3v) is 3.17. The Bertz CT molecular complexity index is 778. The van der Waals surface area contributed by atoms with Crippen LogP contribution in [0.15, 0.2) is 48.5 Å². The smallest absolute Gasteiger partial charge is 0.338 e. The topological polar surface area (TPSA) is 79.2 Å². The van der Waals surface area contributed by atoms with Crippen LogP contribution in [-0.4, -0.2) is 18.0 Å². The zero-order chi connectivity index (χ0) is 16.8. The molecule has 0 aliphatic heterocycles. The average molecular weight is 308 g/mol. The van der Waals surface area contributed by atoms with Gasteiger partial charge in [0.1, 0.15) is 0 Å². The second-order valence-corrected chi connectivity index (χ2v) is 5.10. The van der Waals surface area contributed by atoms with E-state index in [0.717, 1.165) is 5.56 Å². The Kier molecular flexibility index (Phi) is 5.11. The van der Waals surface area contributed by atoms with Gasteiger partial charge in [-0.3, -0.25) is 4.79 Å². The van der Waals surface area contributed by atoms with E-state index in [1.807, 2.05) is 19.1 Å². The van der Waals surface area contributed by atoms with E-state index in [1.54, 1.807) is 42.5 Å². The van der Waals surface area contributed by atoms with Gasteiger partial charge >= 0.3 is 5.97 Å². The van der Waals surface area contributed by atoms with Crippen LogP contribution in [0.2, 0.25) is 0 Å². The summed E-state index contributed by atoms with van der Waals surface area (Å²) in [5.74, 6) is -1.01. The molecule has 1 N–H and O–H groups in total. The van der Waals surface area contributed by atoms with Crippen LogP contribution in [0.25, 0.3) is 0 Å². The number of amides is 1. The molecule has 0 bridgehead atoms. The normalized spacial score (nSPS) is 11.2. The number of nitriles is 1. The first-order valence-electron chi connectivity index (χ1n) is 7.08. The number of rotatable bonds is 4. The molecule has 0 aromatic heterocycles. The molecule has 0 saturated carbocycles. The highest BCUT2D eigenvalue weighted by molar-refractivity contribution is 5.97. The number of hydrogen-bond donors (Lipinski definition) is 1. The summed E-state index contributed by atoms with van der Waals surface area (Å²) >= 11 is 0. The number of nitrogens with one attached hydrogen (secondary N) is 1. The Morgan fingerprint density at radius 3 is 2.61 bits per heavy atom. The lowest BCUT2D eigenvalue weighted by Gasteiger charge is -2.14. The number of benzene rings is 2. The van der Waals surface area contributed by atoms with Gasteiger partial charge in [0.2, 0.25) is 0 Å². The van der Waals surface area contributed by atoms with E-state index >= 15 is 0 Å². The minimum absolute atomic E-state index is 0.399. The molecule has 0 radical (unpaired) electrons. The fourth-order valence-electron chi connectivity index (χ4n) is 1.96. The summed E-state index contributed by atoms with van der Waals surface area (Å²) in [4.78, 5) is 24.1. The number of aryl methyl sites for hydroxylation is 1. The molecule has 23 heavy (non-hydrogen) atoms. The Hall–Kier alpha value is -3.13. The maximum atomic E-state index is 12.1. The minimum atomic E-state index is -0.950. The summed E-state index contributed by atoms with van der Waals surface area (Å²) in [6.07, 6.45) is -0.950. The van der Waals surface area contributed by atoms with Crippen molar-refractivity contribution in [2.24, 2.45) is 0 Å². The molecule has 1 atom stereocenters. The van der Waals surface area contributed by atoms with Crippen LogP contribution in [0.4, 0.5) is 5.69 Å². The summed E-state index contributed by atoms with van der Waals surface area (Å²) in [6.45, 7) is 3.37. The van der Waals surface area contributed by atoms with Crippen LogP contribution >= 0.6 is 0 Å². The summed E-state index contributed by atoms with van der Waals surface area (Å²) < 4.78 is 5.17. The van der Waals surface area contributed by atoms with Gasteiger partial charge in [-0.25, -0.2) is 4.79 Å². The van der Waals surface area contributed by atoms with Crippen molar-refractivity contribution < 1.29 is 14.3 Å². The summed E-state index contributed by atoms with van der Waals surface area (Å²) in [6, 6.07) is 15.5. The number of carbonyl (C=O) groups is 2. The fraction of sp³-hybridized carbons (Fsp3) is 0.167. The van der Waals surface area contributed by atoms with Gasteiger partial charge in [-0.1, -0.05) is 23.8 Å². The van der Waals surface area contributed by atoms with E-state index in [1.165, 1.54) is 6.92 Å². The van der Waals surface area contributed by atoms with Crippen molar-refractivity contribution in [3.63, 3.8) is 0 Å². The molecule has 116 valence electrons. The van der Waals surface area contributed by atoms with E-state index in [0.29, 0.717) is 16.8 Å². The van der Waals surface area contributed by atoms with Gasteiger partial charge in [-0.15, -0.1) is 0 Å². The molecular weight excluding hydrogens is 292 g/mol. The van der Waals surface area contributed by atoms with E-state index in [2.05, 4.69) is 5.32 Å². The Morgan fingerprint density at radius 2 is 1.91 bits per heavy atom. The predicted molar refractivity (Wildman–Crippen MR) is 85.8 cm³/mol. The maximum absolute atomic E-state index is 12.1. The van der Waals surface area contributed by atoms with Crippen molar-refractivity contribution in [1.82, 2.24) is 0 Å². The first-order valence-corrected chi connectivity index (χ1v) is 7.08. The Labute approximate surface area is 134 Å². The maximum Gasteiger partial charge on any atom is 0.338 e. The highest BCUT2D eigenvalue weighted by Gasteiger charge is 2.19. The van der Waals surface area contributed by atoms with Crippen LogP contribution in [0, 0.1) is 18.3 Å². The quantitative estimate of drug-likeness (QED) is 0.880. The number of ether oxygens (including phenoxy) is 1. The highest BCUT2D eigenvalue weighted by atomic mass is 16.5. The standard InChI is InChI=1S/C18H16N2O3/c1-12-5-3-7-15(9-12)18(22)23-13(2)17(21)20-16-8-4-6-14(10-16)11-19/h3-10,13H,1-2H3,(H,20,21)/t13-/m1/s1. The molecule has 0 saturated heterocycles. The van der Waals surface area contributed by atoms with E-state index in [4.69, 9.17) is 10.00 Å². The van der Waals surface area contributed by atoms with Crippen LogP contribution in [0.1, 0.15) is 28.4 Å². The molecule has 0 fully saturated rings. The van der Waals surface area contributed by atoms with Gasteiger partial charge in [0.25, 0.3) is 5.91 Å². The molecule has 1 amide bonds. The summed E-state index contributed by atoms with van der Waals surface area (Å²) in [5.41, 5.74) is 2.25. The van der Waals surface area contributed by atoms with Crippen molar-refractivity contribution in [1.29, 1.82) is 5.26 Å². The lowest BCUT2D eigenvalue weighted by Crippen LogP contribution is -2.30. The molecule has 5 nitrogen and oxygen atoms in total. The minimum Gasteiger partial charge on any atom is -0.449 e. The Morgan fingerprint density at radius 1 is 1.17 bits per heavy atom. The van der Waals surface area contributed by atoms with Crippen molar-refractivity contribution in [2.45, 2.75) is 20.0 Å². The van der Waals surface area contributed by atoms with Gasteiger partial charge in [0, 0.05) is 5.69 Å². The number of nitrogens with zero attached hydrogens (tertiary/aromatic N) is 1. The van der Waals surface area contributed by atoms with Crippen LogP contribution < -0.4 is 5.32 Å². The number of anilines is 1. The zero-order valence-corrected chi connectivity index (χ0v) is 12.9. The van der Waals surface area contributed by atoms with Crippen LogP contribution in [0.3, 0.4) is 0 Å². The molecular formula is C18H16N2O3. The lowest BCUT2D eigenvalue weighted by molar-refractivity contribution is -0.123. The highest BCUT2D eigenvalue weighted by Crippen LogP contribution is 2.12. The second kappa shape index (κ2) is 7.23. The van der Waals surface area contributed by atoms with Gasteiger partial charge in [-0.2, -0.15) is 5.26 Å². The van der Waals surface area contributed by atoms with Crippen molar-refractivity contribution in [3.05, 3.63) is 65.2 Å². The number of esters is 1. The molecule has 0 aliphatic carbocycles. The molecule has 2 aromatic rings. The molecule has 0 heterocycles. The van der Waals surface area contributed by atoms with Crippen LogP contribution in [-0.2, 0) is 9.53 Å². The SMILES string of the molecule is Cc1cccc(C(=O)O[C@H](C)C(=O)Nc2cccc(C#N)c2)c1. The molecule has 0 spiro atoms. The summed E-state index contributed by atoms with van der Waals surface area (Å²) in [5, 5.41) is 11.5. The second-order valence-electron chi connectivity index (χ2n) is 5.10. The molecule has 2 rings (SSSR count). The van der Waals surface area contributed by atoms with Crippen LogP contribution in [0.5, 0.6) is 0 Å². The van der Waals surface area contributed by atoms with Gasteiger partial charge < -0.3 is 10.1 Å². The van der Waals surface area contributed by atoms with Gasteiger partial charge in [0.15, 0.2) is 6.10 Å².